The highest BCUT2D eigenvalue weighted by Crippen LogP contribution is 2.55. The lowest BCUT2D eigenvalue weighted by molar-refractivity contribution is -0.178. The first-order valence-electron chi connectivity index (χ1n) is 13.4. The van der Waals surface area contributed by atoms with Gasteiger partial charge in [0.2, 0.25) is 0 Å². The zero-order valence-electron chi connectivity index (χ0n) is 21.2. The van der Waals surface area contributed by atoms with E-state index < -0.39 is 22.8 Å². The van der Waals surface area contributed by atoms with Crippen LogP contribution in [-0.4, -0.2) is 22.2 Å². The van der Waals surface area contributed by atoms with Crippen molar-refractivity contribution in [2.24, 2.45) is 16.7 Å². The molecule has 4 nitrogen and oxygen atoms in total. The minimum absolute atomic E-state index is 0.146. The number of unbranched alkanes of at least 4 members (excludes halogenated alkanes) is 13. The fourth-order valence-electron chi connectivity index (χ4n) is 5.68. The zero-order valence-corrected chi connectivity index (χ0v) is 21.2. The Kier molecular flexibility index (Phi) is 13.9. The van der Waals surface area contributed by atoms with Gasteiger partial charge in [-0.15, -0.1) is 0 Å². The number of hydrogen-bond donors (Lipinski definition) is 2. The standard InChI is InChI=1S/C28H50O4/c1-4-5-6-7-8-9-10-11-12-13-14-15-16-17-20-27(25(29)30)21-18-19-22-28(27,26(31)32)23-24(2)3/h18-19,24H,4-17,20-23H2,1-3H3,(H,29,30)(H,31,32). The molecule has 0 radical (unpaired) electrons. The highest BCUT2D eigenvalue weighted by Gasteiger charge is 2.60. The lowest BCUT2D eigenvalue weighted by Crippen LogP contribution is -2.54. The van der Waals surface area contributed by atoms with Gasteiger partial charge in [0.15, 0.2) is 0 Å². The minimum Gasteiger partial charge on any atom is -0.481 e. The monoisotopic (exact) mass is 450 g/mol. The van der Waals surface area contributed by atoms with Gasteiger partial charge in [0.05, 0.1) is 10.8 Å². The molecular formula is C28H50O4. The first-order chi connectivity index (χ1) is 15.3. The van der Waals surface area contributed by atoms with Gasteiger partial charge in [-0.25, -0.2) is 0 Å². The smallest absolute Gasteiger partial charge is 0.311 e. The number of carbonyl (C=O) groups is 2. The molecule has 2 atom stereocenters. The summed E-state index contributed by atoms with van der Waals surface area (Å²) in [6, 6.07) is 0. The summed E-state index contributed by atoms with van der Waals surface area (Å²) in [6.45, 7) is 6.23. The van der Waals surface area contributed by atoms with Crippen molar-refractivity contribution in [3.05, 3.63) is 12.2 Å². The second-order valence-electron chi connectivity index (χ2n) is 10.6. The molecule has 0 saturated carbocycles. The van der Waals surface area contributed by atoms with Crippen LogP contribution in [0.4, 0.5) is 0 Å². The number of carboxylic acids is 2. The van der Waals surface area contributed by atoms with E-state index in [4.69, 9.17) is 0 Å². The molecule has 2 N–H and O–H groups in total. The number of carboxylic acid groups (broad SMARTS) is 2. The molecule has 0 aliphatic heterocycles. The topological polar surface area (TPSA) is 74.6 Å². The second kappa shape index (κ2) is 15.5. The Morgan fingerprint density at radius 3 is 1.44 bits per heavy atom. The summed E-state index contributed by atoms with van der Waals surface area (Å²) in [7, 11) is 0. The van der Waals surface area contributed by atoms with Gasteiger partial charge in [0, 0.05) is 0 Å². The summed E-state index contributed by atoms with van der Waals surface area (Å²) in [5.74, 6) is -1.73. The highest BCUT2D eigenvalue weighted by molar-refractivity contribution is 5.87. The third kappa shape index (κ3) is 8.56. The Morgan fingerprint density at radius 2 is 1.06 bits per heavy atom. The van der Waals surface area contributed by atoms with Crippen molar-refractivity contribution in [3.63, 3.8) is 0 Å². The highest BCUT2D eigenvalue weighted by atomic mass is 16.4. The molecule has 0 aromatic heterocycles. The van der Waals surface area contributed by atoms with E-state index in [1.807, 2.05) is 26.0 Å². The molecule has 0 heterocycles. The summed E-state index contributed by atoms with van der Waals surface area (Å²) >= 11 is 0. The van der Waals surface area contributed by atoms with Crippen LogP contribution in [0.15, 0.2) is 12.2 Å². The molecular weight excluding hydrogens is 400 g/mol. The maximum absolute atomic E-state index is 12.4. The zero-order chi connectivity index (χ0) is 23.9. The Hall–Kier alpha value is -1.32. The molecule has 1 rings (SSSR count). The molecule has 0 aromatic carbocycles. The van der Waals surface area contributed by atoms with Crippen LogP contribution in [-0.2, 0) is 9.59 Å². The fourth-order valence-corrected chi connectivity index (χ4v) is 5.68. The predicted octanol–water partition coefficient (Wildman–Crippen LogP) is 8.40. The van der Waals surface area contributed by atoms with Gasteiger partial charge in [-0.2, -0.15) is 0 Å². The maximum atomic E-state index is 12.4. The van der Waals surface area contributed by atoms with E-state index in [-0.39, 0.29) is 5.92 Å². The molecule has 186 valence electrons. The SMILES string of the molecule is CCCCCCCCCCCCCCCCC1(C(=O)O)CC=CCC1(CC(C)C)C(=O)O. The van der Waals surface area contributed by atoms with Crippen molar-refractivity contribution < 1.29 is 19.8 Å². The summed E-state index contributed by atoms with van der Waals surface area (Å²) < 4.78 is 0. The lowest BCUT2D eigenvalue weighted by atomic mass is 9.53. The quantitative estimate of drug-likeness (QED) is 0.153. The molecule has 1 aliphatic carbocycles. The molecule has 32 heavy (non-hydrogen) atoms. The molecule has 0 spiro atoms. The summed E-state index contributed by atoms with van der Waals surface area (Å²) in [4.78, 5) is 24.8. The molecule has 0 fully saturated rings. The van der Waals surface area contributed by atoms with Gasteiger partial charge in [-0.05, 0) is 31.6 Å². The Balaban J connectivity index is 2.36. The molecule has 0 amide bonds. The molecule has 1 aliphatic rings. The van der Waals surface area contributed by atoms with Crippen molar-refractivity contribution in [1.29, 1.82) is 0 Å². The van der Waals surface area contributed by atoms with Crippen LogP contribution in [0.5, 0.6) is 0 Å². The van der Waals surface area contributed by atoms with Gasteiger partial charge in [0.25, 0.3) is 0 Å². The van der Waals surface area contributed by atoms with Crippen molar-refractivity contribution in [2.75, 3.05) is 0 Å². The summed E-state index contributed by atoms with van der Waals surface area (Å²) in [6.07, 6.45) is 22.9. The summed E-state index contributed by atoms with van der Waals surface area (Å²) in [5.41, 5.74) is -2.38. The van der Waals surface area contributed by atoms with E-state index in [0.29, 0.717) is 25.7 Å². The number of hydrogen-bond acceptors (Lipinski definition) is 2. The molecule has 0 saturated heterocycles. The minimum atomic E-state index is -1.20. The van der Waals surface area contributed by atoms with Gasteiger partial charge >= 0.3 is 11.9 Å². The predicted molar refractivity (Wildman–Crippen MR) is 133 cm³/mol. The first-order valence-corrected chi connectivity index (χ1v) is 13.4. The molecule has 0 aromatic rings. The average molecular weight is 451 g/mol. The van der Waals surface area contributed by atoms with Crippen LogP contribution in [0.2, 0.25) is 0 Å². The van der Waals surface area contributed by atoms with Gasteiger partial charge in [-0.3, -0.25) is 9.59 Å². The number of aliphatic carboxylic acids is 2. The number of rotatable bonds is 19. The van der Waals surface area contributed by atoms with E-state index in [1.165, 1.54) is 70.6 Å². The van der Waals surface area contributed by atoms with Crippen molar-refractivity contribution in [1.82, 2.24) is 0 Å². The van der Waals surface area contributed by atoms with Crippen LogP contribution >= 0.6 is 0 Å². The first kappa shape index (κ1) is 28.7. The summed E-state index contributed by atoms with van der Waals surface area (Å²) in [5, 5.41) is 20.3. The average Bonchev–Trinajstić information content (AvgIpc) is 2.74. The second-order valence-corrected chi connectivity index (χ2v) is 10.6. The van der Waals surface area contributed by atoms with Crippen molar-refractivity contribution >= 4 is 11.9 Å². The van der Waals surface area contributed by atoms with Crippen LogP contribution in [0.1, 0.15) is 136 Å². The van der Waals surface area contributed by atoms with Crippen LogP contribution in [0.3, 0.4) is 0 Å². The molecule has 2 unspecified atom stereocenters. The largest absolute Gasteiger partial charge is 0.481 e. The van der Waals surface area contributed by atoms with E-state index in [2.05, 4.69) is 6.92 Å². The van der Waals surface area contributed by atoms with Crippen LogP contribution in [0.25, 0.3) is 0 Å². The molecule has 4 heteroatoms. The van der Waals surface area contributed by atoms with Gasteiger partial charge < -0.3 is 10.2 Å². The Labute approximate surface area is 197 Å². The Morgan fingerprint density at radius 1 is 0.688 bits per heavy atom. The van der Waals surface area contributed by atoms with E-state index in [1.54, 1.807) is 0 Å². The van der Waals surface area contributed by atoms with Crippen molar-refractivity contribution in [3.8, 4) is 0 Å². The molecule has 0 bridgehead atoms. The van der Waals surface area contributed by atoms with Gasteiger partial charge in [0.1, 0.15) is 0 Å². The normalized spacial score (nSPS) is 23.0. The lowest BCUT2D eigenvalue weighted by Gasteiger charge is -2.47. The fraction of sp³-hybridized carbons (Fsp3) is 0.857. The van der Waals surface area contributed by atoms with Crippen LogP contribution < -0.4 is 0 Å². The third-order valence-corrected chi connectivity index (χ3v) is 7.55. The van der Waals surface area contributed by atoms with Crippen LogP contribution in [0, 0.1) is 16.7 Å². The van der Waals surface area contributed by atoms with Crippen molar-refractivity contribution in [2.45, 2.75) is 136 Å². The number of allylic oxidation sites excluding steroid dienone is 2. The Bertz CT molecular complexity index is 568. The van der Waals surface area contributed by atoms with E-state index >= 15 is 0 Å². The van der Waals surface area contributed by atoms with Gasteiger partial charge in [-0.1, -0.05) is 123 Å². The maximum Gasteiger partial charge on any atom is 0.311 e. The third-order valence-electron chi connectivity index (χ3n) is 7.55. The van der Waals surface area contributed by atoms with E-state index in [9.17, 15) is 19.8 Å². The van der Waals surface area contributed by atoms with E-state index in [0.717, 1.165) is 19.3 Å².